The van der Waals surface area contributed by atoms with Gasteiger partial charge in [0.05, 0.1) is 24.1 Å². The highest BCUT2D eigenvalue weighted by atomic mass is 32.2. The van der Waals surface area contributed by atoms with Crippen molar-refractivity contribution in [2.45, 2.75) is 37.6 Å². The topological polar surface area (TPSA) is 117 Å². The maximum absolute atomic E-state index is 14.6. The summed E-state index contributed by atoms with van der Waals surface area (Å²) in [4.78, 5) is 20.1. The molecule has 1 saturated heterocycles. The second kappa shape index (κ2) is 12.1. The zero-order valence-electron chi connectivity index (χ0n) is 22.9. The zero-order chi connectivity index (χ0) is 29.0. The molecule has 1 aliphatic rings. The summed E-state index contributed by atoms with van der Waals surface area (Å²) < 4.78 is 47.9. The first kappa shape index (κ1) is 28.3. The van der Waals surface area contributed by atoms with E-state index in [2.05, 4.69) is 27.1 Å². The Morgan fingerprint density at radius 2 is 1.85 bits per heavy atom. The fourth-order valence-corrected chi connectivity index (χ4v) is 5.74. The quantitative estimate of drug-likeness (QED) is 0.283. The summed E-state index contributed by atoms with van der Waals surface area (Å²) in [6.07, 6.45) is 2.95. The van der Waals surface area contributed by atoms with Gasteiger partial charge in [0.1, 0.15) is 17.4 Å². The Labute approximate surface area is 238 Å². The average molecular weight is 578 g/mol. The van der Waals surface area contributed by atoms with E-state index in [9.17, 15) is 17.6 Å². The molecule has 41 heavy (non-hydrogen) atoms. The number of halogens is 1. The van der Waals surface area contributed by atoms with Gasteiger partial charge in [0.25, 0.3) is 15.9 Å². The summed E-state index contributed by atoms with van der Waals surface area (Å²) in [5, 5.41) is 5.79. The SMILES string of the molecule is CC(C)COc1cc(F)cc(-c2ccc(C(=O)NS(=O)(=O)c3ccn[nH]3)c(N3CCC(c4ccccc4)CC3)n2)c1. The number of benzene rings is 2. The van der Waals surface area contributed by atoms with E-state index in [-0.39, 0.29) is 16.5 Å². The summed E-state index contributed by atoms with van der Waals surface area (Å²) >= 11 is 0. The van der Waals surface area contributed by atoms with Gasteiger partial charge in [-0.15, -0.1) is 0 Å². The first-order chi connectivity index (χ1) is 19.7. The molecular formula is C30H32FN5O4S. The maximum atomic E-state index is 14.6. The summed E-state index contributed by atoms with van der Waals surface area (Å²) in [5.74, 6) is 0.0480. The lowest BCUT2D eigenvalue weighted by atomic mass is 9.89. The number of aromatic amines is 1. The number of H-pyrrole nitrogens is 1. The summed E-state index contributed by atoms with van der Waals surface area (Å²) in [6.45, 7) is 5.66. The molecular weight excluding hydrogens is 545 g/mol. The number of ether oxygens (including phenoxy) is 1. The number of carbonyl (C=O) groups is 1. The molecule has 1 aliphatic heterocycles. The zero-order valence-corrected chi connectivity index (χ0v) is 23.7. The largest absolute Gasteiger partial charge is 0.493 e. The number of carbonyl (C=O) groups excluding carboxylic acids is 1. The first-order valence-corrected chi connectivity index (χ1v) is 15.0. The summed E-state index contributed by atoms with van der Waals surface area (Å²) in [7, 11) is -4.17. The fourth-order valence-electron chi connectivity index (χ4n) is 4.86. The second-order valence-corrected chi connectivity index (χ2v) is 12.1. The van der Waals surface area contributed by atoms with Crippen LogP contribution in [0.15, 0.2) is 78.0 Å². The Morgan fingerprint density at radius 3 is 2.54 bits per heavy atom. The molecule has 4 aromatic rings. The Balaban J connectivity index is 1.47. The highest BCUT2D eigenvalue weighted by Crippen LogP contribution is 2.33. The Kier molecular flexibility index (Phi) is 8.34. The van der Waals surface area contributed by atoms with Gasteiger partial charge in [-0.2, -0.15) is 13.5 Å². The number of hydrogen-bond donors (Lipinski definition) is 2. The third-order valence-electron chi connectivity index (χ3n) is 6.93. The lowest BCUT2D eigenvalue weighted by molar-refractivity contribution is 0.0981. The molecule has 0 aliphatic carbocycles. The van der Waals surface area contributed by atoms with Crippen molar-refractivity contribution in [2.75, 3.05) is 24.6 Å². The van der Waals surface area contributed by atoms with Crippen LogP contribution in [0.4, 0.5) is 10.2 Å². The van der Waals surface area contributed by atoms with Gasteiger partial charge in [0.15, 0.2) is 5.03 Å². The third-order valence-corrected chi connectivity index (χ3v) is 8.19. The van der Waals surface area contributed by atoms with Crippen LogP contribution < -0.4 is 14.4 Å². The second-order valence-electron chi connectivity index (χ2n) is 10.5. The van der Waals surface area contributed by atoms with Gasteiger partial charge in [-0.25, -0.2) is 14.1 Å². The maximum Gasteiger partial charge on any atom is 0.281 e. The number of aromatic nitrogens is 3. The van der Waals surface area contributed by atoms with E-state index in [1.54, 1.807) is 12.1 Å². The number of amides is 1. The highest BCUT2D eigenvalue weighted by molar-refractivity contribution is 7.90. The van der Waals surface area contributed by atoms with Crippen molar-refractivity contribution in [1.82, 2.24) is 19.9 Å². The fraction of sp³-hybridized carbons (Fsp3) is 0.300. The molecule has 214 valence electrons. The summed E-state index contributed by atoms with van der Waals surface area (Å²) in [6, 6.07) is 19.0. The highest BCUT2D eigenvalue weighted by Gasteiger charge is 2.28. The van der Waals surface area contributed by atoms with Gasteiger partial charge in [0, 0.05) is 24.7 Å². The lowest BCUT2D eigenvalue weighted by Crippen LogP contribution is -2.37. The smallest absolute Gasteiger partial charge is 0.281 e. The minimum Gasteiger partial charge on any atom is -0.493 e. The molecule has 5 rings (SSSR count). The molecule has 2 aromatic carbocycles. The van der Waals surface area contributed by atoms with Crippen molar-refractivity contribution in [3.05, 3.63) is 89.9 Å². The molecule has 3 heterocycles. The van der Waals surface area contributed by atoms with Crippen molar-refractivity contribution in [2.24, 2.45) is 5.92 Å². The Morgan fingerprint density at radius 1 is 1.10 bits per heavy atom. The van der Waals surface area contributed by atoms with Crippen LogP contribution in [0.5, 0.6) is 5.75 Å². The number of pyridine rings is 1. The molecule has 9 nitrogen and oxygen atoms in total. The molecule has 1 fully saturated rings. The van der Waals surface area contributed by atoms with Crippen molar-refractivity contribution < 1.29 is 22.3 Å². The number of rotatable bonds is 9. The van der Waals surface area contributed by atoms with Crippen LogP contribution in [0.1, 0.15) is 48.5 Å². The molecule has 11 heteroatoms. The molecule has 0 atom stereocenters. The van der Waals surface area contributed by atoms with E-state index in [0.29, 0.717) is 48.4 Å². The van der Waals surface area contributed by atoms with Crippen LogP contribution in [-0.2, 0) is 10.0 Å². The molecule has 0 spiro atoms. The number of anilines is 1. The normalized spacial score (nSPS) is 14.3. The van der Waals surface area contributed by atoms with Crippen molar-refractivity contribution >= 4 is 21.7 Å². The van der Waals surface area contributed by atoms with Gasteiger partial charge in [-0.3, -0.25) is 9.89 Å². The van der Waals surface area contributed by atoms with Crippen LogP contribution in [0.3, 0.4) is 0 Å². The number of nitrogens with zero attached hydrogens (tertiary/aromatic N) is 3. The van der Waals surface area contributed by atoms with Crippen molar-refractivity contribution in [3.8, 4) is 17.0 Å². The van der Waals surface area contributed by atoms with Crippen molar-refractivity contribution in [1.29, 1.82) is 0 Å². The van der Waals surface area contributed by atoms with Gasteiger partial charge in [-0.05, 0) is 60.6 Å². The Hall–Kier alpha value is -4.25. The van der Waals surface area contributed by atoms with Crippen molar-refractivity contribution in [3.63, 3.8) is 0 Å². The molecule has 2 aromatic heterocycles. The van der Waals surface area contributed by atoms with E-state index in [1.807, 2.05) is 36.9 Å². The van der Waals surface area contributed by atoms with Crippen LogP contribution in [0.2, 0.25) is 0 Å². The number of nitrogens with one attached hydrogen (secondary N) is 2. The standard InChI is InChI=1S/C30H32FN5O4S/c1-20(2)19-40-25-17-23(16-24(31)18-25)27-9-8-26(30(37)35-41(38,39)28-10-13-32-34-28)29(33-27)36-14-11-22(12-15-36)21-6-4-3-5-7-21/h3-10,13,16-18,20,22H,11-12,14-15,19H2,1-2H3,(H,32,34)(H,35,37). The molecule has 0 saturated carbocycles. The molecule has 0 radical (unpaired) electrons. The van der Waals surface area contributed by atoms with Gasteiger partial charge in [-0.1, -0.05) is 44.2 Å². The van der Waals surface area contributed by atoms with Crippen LogP contribution >= 0.6 is 0 Å². The lowest BCUT2D eigenvalue weighted by Gasteiger charge is -2.34. The molecule has 0 unspecified atom stereocenters. The number of sulfonamides is 1. The predicted octanol–water partition coefficient (Wildman–Crippen LogP) is 5.15. The number of piperidine rings is 1. The average Bonchev–Trinajstić information content (AvgIpc) is 3.52. The van der Waals surface area contributed by atoms with E-state index in [1.165, 1.54) is 36.0 Å². The van der Waals surface area contributed by atoms with Crippen LogP contribution in [0.25, 0.3) is 11.3 Å². The van der Waals surface area contributed by atoms with Crippen LogP contribution in [-0.4, -0.2) is 49.2 Å². The number of hydrogen-bond acceptors (Lipinski definition) is 7. The molecule has 0 bridgehead atoms. The van der Waals surface area contributed by atoms with E-state index in [4.69, 9.17) is 9.72 Å². The van der Waals surface area contributed by atoms with E-state index < -0.39 is 21.7 Å². The molecule has 2 N–H and O–H groups in total. The summed E-state index contributed by atoms with van der Waals surface area (Å²) in [5.41, 5.74) is 2.28. The monoisotopic (exact) mass is 577 g/mol. The predicted molar refractivity (Wildman–Crippen MR) is 154 cm³/mol. The molecule has 1 amide bonds. The Bertz CT molecular complexity index is 1600. The minimum atomic E-state index is -4.17. The van der Waals surface area contributed by atoms with Crippen LogP contribution in [0, 0.1) is 11.7 Å². The van der Waals surface area contributed by atoms with Gasteiger partial charge in [0.2, 0.25) is 0 Å². The van der Waals surface area contributed by atoms with Gasteiger partial charge >= 0.3 is 0 Å². The minimum absolute atomic E-state index is 0.0997. The van der Waals surface area contributed by atoms with E-state index >= 15 is 0 Å². The van der Waals surface area contributed by atoms with Gasteiger partial charge < -0.3 is 9.64 Å². The third kappa shape index (κ3) is 6.74. The first-order valence-electron chi connectivity index (χ1n) is 13.5. The van der Waals surface area contributed by atoms with E-state index in [0.717, 1.165) is 12.8 Å².